The highest BCUT2D eigenvalue weighted by Gasteiger charge is 2.16. The highest BCUT2D eigenvalue weighted by molar-refractivity contribution is 5.78. The van der Waals surface area contributed by atoms with Gasteiger partial charge >= 0.3 is 0 Å². The maximum atomic E-state index is 11.4. The minimum atomic E-state index is 0.345. The molecule has 1 atom stereocenters. The van der Waals surface area contributed by atoms with Crippen LogP contribution in [0.4, 0.5) is 0 Å². The highest BCUT2D eigenvalue weighted by Crippen LogP contribution is 2.17. The van der Waals surface area contributed by atoms with Gasteiger partial charge in [-0.05, 0) is 25.7 Å². The smallest absolute Gasteiger partial charge is 0.133 e. The van der Waals surface area contributed by atoms with Crippen molar-refractivity contribution in [2.24, 2.45) is 0 Å². The number of rotatable bonds is 7. The number of ether oxygens (including phenoxy) is 2. The lowest BCUT2D eigenvalue weighted by Crippen LogP contribution is -2.09. The molecule has 14 heavy (non-hydrogen) atoms. The first-order chi connectivity index (χ1) is 6.83. The fourth-order valence-electron chi connectivity index (χ4n) is 1.73. The lowest BCUT2D eigenvalue weighted by atomic mass is 10.1. The monoisotopic (exact) mass is 200 g/mol. The van der Waals surface area contributed by atoms with Gasteiger partial charge in [-0.3, -0.25) is 4.79 Å². The third kappa shape index (κ3) is 4.72. The lowest BCUT2D eigenvalue weighted by Gasteiger charge is -2.07. The van der Waals surface area contributed by atoms with Gasteiger partial charge in [0.25, 0.3) is 0 Å². The number of Topliss-reactive ketones (excluding diaryl/α,β-unsaturated/α-hetero) is 1. The van der Waals surface area contributed by atoms with Crippen molar-refractivity contribution < 1.29 is 14.3 Å². The molecule has 1 saturated heterocycles. The van der Waals surface area contributed by atoms with Crippen LogP contribution in [-0.2, 0) is 14.3 Å². The molecule has 0 aliphatic carbocycles. The second-order valence-electron chi connectivity index (χ2n) is 3.81. The average Bonchev–Trinajstić information content (AvgIpc) is 2.68. The molecule has 0 spiro atoms. The zero-order valence-corrected chi connectivity index (χ0v) is 8.96. The summed E-state index contributed by atoms with van der Waals surface area (Å²) < 4.78 is 10.3. The topological polar surface area (TPSA) is 35.5 Å². The molecule has 0 aromatic heterocycles. The molecule has 1 fully saturated rings. The summed E-state index contributed by atoms with van der Waals surface area (Å²) in [5, 5.41) is 0. The van der Waals surface area contributed by atoms with E-state index in [2.05, 4.69) is 0 Å². The summed E-state index contributed by atoms with van der Waals surface area (Å²) in [5.74, 6) is 0.345. The highest BCUT2D eigenvalue weighted by atomic mass is 16.5. The molecule has 82 valence electrons. The zero-order valence-electron chi connectivity index (χ0n) is 8.96. The van der Waals surface area contributed by atoms with Crippen LogP contribution in [0, 0.1) is 0 Å². The van der Waals surface area contributed by atoms with Crippen molar-refractivity contribution >= 4 is 5.78 Å². The van der Waals surface area contributed by atoms with Crippen molar-refractivity contribution in [2.75, 3.05) is 20.3 Å². The van der Waals surface area contributed by atoms with Gasteiger partial charge in [-0.2, -0.15) is 0 Å². The third-order valence-corrected chi connectivity index (χ3v) is 2.57. The van der Waals surface area contributed by atoms with Crippen LogP contribution in [0.3, 0.4) is 0 Å². The van der Waals surface area contributed by atoms with E-state index in [4.69, 9.17) is 9.47 Å². The van der Waals surface area contributed by atoms with Crippen LogP contribution >= 0.6 is 0 Å². The maximum Gasteiger partial charge on any atom is 0.133 e. The van der Waals surface area contributed by atoms with Crippen LogP contribution in [0.15, 0.2) is 0 Å². The van der Waals surface area contributed by atoms with Crippen molar-refractivity contribution in [3.8, 4) is 0 Å². The van der Waals surface area contributed by atoms with Crippen molar-refractivity contribution in [2.45, 2.75) is 44.6 Å². The molecular weight excluding hydrogens is 180 g/mol. The van der Waals surface area contributed by atoms with E-state index in [1.165, 1.54) is 0 Å². The quantitative estimate of drug-likeness (QED) is 0.589. The first-order valence-corrected chi connectivity index (χ1v) is 5.45. The number of hydrogen-bond donors (Lipinski definition) is 0. The first-order valence-electron chi connectivity index (χ1n) is 5.45. The number of carbonyl (C=O) groups excluding carboxylic acids is 1. The summed E-state index contributed by atoms with van der Waals surface area (Å²) in [5.41, 5.74) is 0. The molecule has 0 amide bonds. The van der Waals surface area contributed by atoms with E-state index in [-0.39, 0.29) is 0 Å². The van der Waals surface area contributed by atoms with E-state index in [9.17, 15) is 4.79 Å². The molecule has 1 aliphatic heterocycles. The summed E-state index contributed by atoms with van der Waals surface area (Å²) in [7, 11) is 1.66. The molecule has 1 aliphatic rings. The van der Waals surface area contributed by atoms with Gasteiger partial charge in [0.05, 0.1) is 6.10 Å². The summed E-state index contributed by atoms with van der Waals surface area (Å²) in [4.78, 5) is 11.4. The van der Waals surface area contributed by atoms with Gasteiger partial charge in [0.15, 0.2) is 0 Å². The van der Waals surface area contributed by atoms with Gasteiger partial charge in [0.1, 0.15) is 5.78 Å². The first kappa shape index (κ1) is 11.7. The third-order valence-electron chi connectivity index (χ3n) is 2.57. The second kappa shape index (κ2) is 6.96. The molecule has 3 nitrogen and oxygen atoms in total. The summed E-state index contributed by atoms with van der Waals surface area (Å²) in [6, 6.07) is 0. The van der Waals surface area contributed by atoms with Gasteiger partial charge in [-0.15, -0.1) is 0 Å². The molecular formula is C11H20O3. The van der Waals surface area contributed by atoms with E-state index in [0.29, 0.717) is 31.3 Å². The predicted octanol–water partition coefficient (Wildman–Crippen LogP) is 1.94. The SMILES string of the molecule is COCCCC(=O)CCC1CCCO1. The fourth-order valence-corrected chi connectivity index (χ4v) is 1.73. The van der Waals surface area contributed by atoms with Gasteiger partial charge in [0.2, 0.25) is 0 Å². The minimum absolute atomic E-state index is 0.345. The van der Waals surface area contributed by atoms with Crippen molar-refractivity contribution in [1.82, 2.24) is 0 Å². The van der Waals surface area contributed by atoms with Crippen molar-refractivity contribution in [1.29, 1.82) is 0 Å². The zero-order chi connectivity index (χ0) is 10.2. The van der Waals surface area contributed by atoms with Gasteiger partial charge in [-0.1, -0.05) is 0 Å². The van der Waals surface area contributed by atoms with Crippen LogP contribution in [0.5, 0.6) is 0 Å². The van der Waals surface area contributed by atoms with E-state index in [0.717, 1.165) is 32.3 Å². The second-order valence-corrected chi connectivity index (χ2v) is 3.81. The lowest BCUT2D eigenvalue weighted by molar-refractivity contribution is -0.120. The molecule has 1 heterocycles. The summed E-state index contributed by atoms with van der Waals surface area (Å²) in [6.45, 7) is 1.56. The van der Waals surface area contributed by atoms with Crippen molar-refractivity contribution in [3.05, 3.63) is 0 Å². The number of carbonyl (C=O) groups is 1. The molecule has 1 rings (SSSR count). The Morgan fingerprint density at radius 2 is 2.36 bits per heavy atom. The van der Waals surface area contributed by atoms with E-state index in [1.807, 2.05) is 0 Å². The Morgan fingerprint density at radius 3 is 3.00 bits per heavy atom. The van der Waals surface area contributed by atoms with Gasteiger partial charge in [-0.25, -0.2) is 0 Å². The van der Waals surface area contributed by atoms with Crippen LogP contribution in [0.25, 0.3) is 0 Å². The number of ketones is 1. The van der Waals surface area contributed by atoms with E-state index < -0.39 is 0 Å². The van der Waals surface area contributed by atoms with Crippen LogP contribution in [0.2, 0.25) is 0 Å². The molecule has 0 saturated carbocycles. The Balaban J connectivity index is 1.96. The van der Waals surface area contributed by atoms with E-state index in [1.54, 1.807) is 7.11 Å². The standard InChI is InChI=1S/C11H20O3/c1-13-8-2-4-10(12)6-7-11-5-3-9-14-11/h11H,2-9H2,1H3. The van der Waals surface area contributed by atoms with Crippen LogP contribution in [0.1, 0.15) is 38.5 Å². The van der Waals surface area contributed by atoms with Gasteiger partial charge < -0.3 is 9.47 Å². The Labute approximate surface area is 85.8 Å². The molecule has 0 aromatic rings. The number of hydrogen-bond acceptors (Lipinski definition) is 3. The fraction of sp³-hybridized carbons (Fsp3) is 0.909. The molecule has 1 unspecified atom stereocenters. The molecule has 0 aromatic carbocycles. The Hall–Kier alpha value is -0.410. The van der Waals surface area contributed by atoms with Crippen molar-refractivity contribution in [3.63, 3.8) is 0 Å². The van der Waals surface area contributed by atoms with Gasteiger partial charge in [0, 0.05) is 33.2 Å². The maximum absolute atomic E-state index is 11.4. The Kier molecular flexibility index (Phi) is 5.80. The average molecular weight is 200 g/mol. The largest absolute Gasteiger partial charge is 0.385 e. The number of methoxy groups -OCH3 is 1. The van der Waals surface area contributed by atoms with Crippen LogP contribution < -0.4 is 0 Å². The van der Waals surface area contributed by atoms with Crippen LogP contribution in [-0.4, -0.2) is 32.2 Å². The normalized spacial score (nSPS) is 21.4. The Morgan fingerprint density at radius 1 is 1.50 bits per heavy atom. The Bertz CT molecular complexity index is 162. The molecule has 0 N–H and O–H groups in total. The van der Waals surface area contributed by atoms with E-state index >= 15 is 0 Å². The molecule has 0 radical (unpaired) electrons. The summed E-state index contributed by atoms with van der Waals surface area (Å²) in [6.07, 6.45) is 5.72. The molecule has 0 bridgehead atoms. The minimum Gasteiger partial charge on any atom is -0.385 e. The summed E-state index contributed by atoms with van der Waals surface area (Å²) >= 11 is 0. The molecule has 3 heteroatoms. The predicted molar refractivity (Wildman–Crippen MR) is 54.3 cm³/mol.